The van der Waals surface area contributed by atoms with Crippen molar-refractivity contribution in [2.75, 3.05) is 26.2 Å². The normalized spacial score (nSPS) is 16.3. The fourth-order valence-electron chi connectivity index (χ4n) is 6.62. The molecule has 19 N–H and O–H groups in total. The molecule has 0 radical (unpaired) electrons. The van der Waals surface area contributed by atoms with E-state index >= 15 is 0 Å². The Morgan fingerprint density at radius 1 is 0.809 bits per heavy atom. The van der Waals surface area contributed by atoms with Crippen molar-refractivity contribution in [1.29, 1.82) is 0 Å². The Morgan fingerprint density at radius 3 is 1.99 bits per heavy atom. The number of hydrogen-bond acceptors (Lipinski definition) is 15. The first kappa shape index (κ1) is 56.7. The summed E-state index contributed by atoms with van der Waals surface area (Å²) in [5.41, 5.74) is 21.9. The van der Waals surface area contributed by atoms with Crippen LogP contribution in [0.3, 0.4) is 0 Å². The molecule has 68 heavy (non-hydrogen) atoms. The number of nitrogens with zero attached hydrogens (tertiary/aromatic N) is 3. The van der Waals surface area contributed by atoms with Gasteiger partial charge in [-0.3, -0.25) is 52.9 Å². The van der Waals surface area contributed by atoms with Crippen molar-refractivity contribution < 1.29 is 68.1 Å². The molecule has 1 aliphatic rings. The molecule has 29 heteroatoms. The lowest BCUT2D eigenvalue weighted by molar-refractivity contribution is -0.146. The van der Waals surface area contributed by atoms with E-state index in [0.29, 0.717) is 5.69 Å². The van der Waals surface area contributed by atoms with Crippen molar-refractivity contribution in [3.63, 3.8) is 0 Å². The van der Waals surface area contributed by atoms with Crippen LogP contribution in [0, 0.1) is 5.92 Å². The number of aromatic amines is 1. The number of aromatic nitrogens is 2. The molecule has 1 saturated heterocycles. The summed E-state index contributed by atoms with van der Waals surface area (Å²) in [7, 11) is 0. The van der Waals surface area contributed by atoms with Crippen molar-refractivity contribution in [3.8, 4) is 0 Å². The highest BCUT2D eigenvalue weighted by molar-refractivity contribution is 5.98. The molecule has 2 heterocycles. The molecule has 2 rings (SSSR count). The lowest BCUT2D eigenvalue weighted by atomic mass is 10.0. The van der Waals surface area contributed by atoms with E-state index in [9.17, 15) is 68.1 Å². The van der Waals surface area contributed by atoms with E-state index in [1.54, 1.807) is 13.8 Å². The molecule has 378 valence electrons. The van der Waals surface area contributed by atoms with Gasteiger partial charge in [0.25, 0.3) is 0 Å². The molecule has 0 aliphatic carbocycles. The quantitative estimate of drug-likeness (QED) is 0.0201. The lowest BCUT2D eigenvalue weighted by Crippen LogP contribution is -2.58. The van der Waals surface area contributed by atoms with Crippen molar-refractivity contribution in [2.24, 2.45) is 33.8 Å². The standard InChI is InChI=1S/C39H63N15O14/c1-18(2)31(53-35(64)30(41)19(3)55)36(65)47-16-27(57)49-21(6-4-10-45-39(42)43)32(61)46-15-28(58)50-24(13-29(59)60)37(66)54-11-5-7-25(54)34(63)52-23(12-20-14-44-17-48-20)33(62)51-22(38(67)68)8-9-26(40)56/h14,17-19,21-25,30-31,55H,4-13,15-16,41H2,1-3H3,(H2,40,56)(H,44,48)(H,46,61)(H,47,65)(H,49,57)(H,50,58)(H,51,62)(H,52,63)(H,53,64)(H,59,60)(H,67,68)(H4,42,43,45). The number of carboxylic acid groups (broad SMARTS) is 2. The number of primary amides is 1. The molecular formula is C39H63N15O14. The Balaban J connectivity index is 2.17. The Bertz CT molecular complexity index is 1990. The number of amides is 9. The smallest absolute Gasteiger partial charge is 0.326 e. The summed E-state index contributed by atoms with van der Waals surface area (Å²) in [6, 6.07) is -9.89. The first-order valence-electron chi connectivity index (χ1n) is 21.5. The van der Waals surface area contributed by atoms with E-state index in [1.165, 1.54) is 19.4 Å². The van der Waals surface area contributed by atoms with Crippen molar-refractivity contribution >= 4 is 71.1 Å². The van der Waals surface area contributed by atoms with Gasteiger partial charge < -0.3 is 85.4 Å². The highest BCUT2D eigenvalue weighted by Gasteiger charge is 2.40. The molecule has 8 unspecified atom stereocenters. The molecule has 1 aromatic heterocycles. The van der Waals surface area contributed by atoms with E-state index in [4.69, 9.17) is 22.9 Å². The topological polar surface area (TPSA) is 481 Å². The number of nitrogens with one attached hydrogen (secondary N) is 8. The highest BCUT2D eigenvalue weighted by Crippen LogP contribution is 2.20. The van der Waals surface area contributed by atoms with Crippen LogP contribution in [0.15, 0.2) is 17.5 Å². The van der Waals surface area contributed by atoms with Gasteiger partial charge in [-0.05, 0) is 44.9 Å². The second kappa shape index (κ2) is 27.9. The zero-order valence-electron chi connectivity index (χ0n) is 37.8. The number of aliphatic hydroxyl groups is 1. The van der Waals surface area contributed by atoms with Gasteiger partial charge in [-0.25, -0.2) is 9.78 Å². The SMILES string of the molecule is CC(C)C(NC(=O)C(N)C(C)O)C(=O)NCC(=O)NC(CCCN=C(N)N)C(=O)NCC(=O)NC(CC(=O)O)C(=O)N1CCCC1C(=O)NC(Cc1cnc[nH]1)C(=O)NC(CCC(N)=O)C(=O)O. The number of carbonyl (C=O) groups excluding carboxylic acids is 9. The third kappa shape index (κ3) is 19.6. The van der Waals surface area contributed by atoms with Crippen LogP contribution in [0.25, 0.3) is 0 Å². The summed E-state index contributed by atoms with van der Waals surface area (Å²) in [6.07, 6.45) is -0.138. The number of nitrogens with two attached hydrogens (primary N) is 4. The van der Waals surface area contributed by atoms with Crippen LogP contribution >= 0.6 is 0 Å². The van der Waals surface area contributed by atoms with Crippen LogP contribution in [0.2, 0.25) is 0 Å². The van der Waals surface area contributed by atoms with E-state index in [1.807, 2.05) is 0 Å². The number of hydrogen-bond donors (Lipinski definition) is 15. The fourth-order valence-corrected chi connectivity index (χ4v) is 6.62. The zero-order chi connectivity index (χ0) is 51.2. The predicted molar refractivity (Wildman–Crippen MR) is 235 cm³/mol. The number of guanidine groups is 1. The number of carbonyl (C=O) groups is 11. The van der Waals surface area contributed by atoms with Gasteiger partial charge in [0.1, 0.15) is 42.3 Å². The maximum atomic E-state index is 13.9. The minimum atomic E-state index is -1.77. The summed E-state index contributed by atoms with van der Waals surface area (Å²) in [6.45, 7) is 2.96. The molecule has 1 aliphatic heterocycles. The number of likely N-dealkylation sites (tertiary alicyclic amines) is 1. The Kier molecular flexibility index (Phi) is 23.3. The number of imidazole rings is 1. The second-order valence-electron chi connectivity index (χ2n) is 16.2. The predicted octanol–water partition coefficient (Wildman–Crippen LogP) is -7.16. The number of aliphatic carboxylic acids is 2. The summed E-state index contributed by atoms with van der Waals surface area (Å²) in [4.78, 5) is 152. The van der Waals surface area contributed by atoms with Gasteiger partial charge in [-0.2, -0.15) is 0 Å². The third-order valence-corrected chi connectivity index (χ3v) is 10.3. The van der Waals surface area contributed by atoms with E-state index < -0.39 is 139 Å². The molecule has 0 bridgehead atoms. The van der Waals surface area contributed by atoms with Crippen molar-refractivity contribution in [2.45, 2.75) is 121 Å². The Labute approximate surface area is 389 Å². The van der Waals surface area contributed by atoms with Crippen LogP contribution in [0.4, 0.5) is 0 Å². The number of carboxylic acids is 2. The van der Waals surface area contributed by atoms with Gasteiger partial charge in [0.05, 0.1) is 31.9 Å². The molecule has 1 aromatic rings. The van der Waals surface area contributed by atoms with Crippen molar-refractivity contribution in [1.82, 2.24) is 52.1 Å². The maximum Gasteiger partial charge on any atom is 0.326 e. The number of aliphatic hydroxyl groups excluding tert-OH is 1. The third-order valence-electron chi connectivity index (χ3n) is 10.3. The molecule has 0 spiro atoms. The second-order valence-corrected chi connectivity index (χ2v) is 16.2. The highest BCUT2D eigenvalue weighted by atomic mass is 16.4. The molecule has 8 atom stereocenters. The summed E-state index contributed by atoms with van der Waals surface area (Å²) >= 11 is 0. The minimum Gasteiger partial charge on any atom is -0.481 e. The average molecular weight is 966 g/mol. The van der Waals surface area contributed by atoms with Gasteiger partial charge in [-0.1, -0.05) is 13.8 Å². The number of H-pyrrole nitrogens is 1. The molecular weight excluding hydrogens is 903 g/mol. The first-order chi connectivity index (χ1) is 31.9. The van der Waals surface area contributed by atoms with E-state index in [2.05, 4.69) is 52.2 Å². The van der Waals surface area contributed by atoms with Crippen LogP contribution in [-0.2, 0) is 59.2 Å². The molecule has 1 fully saturated rings. The molecule has 29 nitrogen and oxygen atoms in total. The number of aliphatic imine (C=N–C) groups is 1. The number of rotatable bonds is 29. The minimum absolute atomic E-state index is 0.0275. The zero-order valence-corrected chi connectivity index (χ0v) is 37.8. The maximum absolute atomic E-state index is 13.9. The summed E-state index contributed by atoms with van der Waals surface area (Å²) in [5.74, 6) is -11.8. The van der Waals surface area contributed by atoms with Gasteiger partial charge in [0, 0.05) is 37.8 Å². The first-order valence-corrected chi connectivity index (χ1v) is 21.5. The molecule has 0 aromatic carbocycles. The van der Waals surface area contributed by atoms with Crippen molar-refractivity contribution in [3.05, 3.63) is 18.2 Å². The largest absolute Gasteiger partial charge is 0.481 e. The molecule has 0 saturated carbocycles. The summed E-state index contributed by atoms with van der Waals surface area (Å²) in [5, 5.41) is 45.4. The van der Waals surface area contributed by atoms with Crippen LogP contribution in [-0.4, -0.2) is 176 Å². The van der Waals surface area contributed by atoms with E-state index in [0.717, 1.165) is 4.90 Å². The monoisotopic (exact) mass is 965 g/mol. The van der Waals surface area contributed by atoms with Gasteiger partial charge in [0.15, 0.2) is 5.96 Å². The van der Waals surface area contributed by atoms with Crippen LogP contribution in [0.1, 0.15) is 71.4 Å². The Hall–Kier alpha value is -7.43. The fraction of sp³-hybridized carbons (Fsp3) is 0.615. The average Bonchev–Trinajstić information content (AvgIpc) is 3.98. The van der Waals surface area contributed by atoms with Crippen LogP contribution < -0.4 is 60.2 Å². The molecule has 9 amide bonds. The lowest BCUT2D eigenvalue weighted by Gasteiger charge is -2.29. The van der Waals surface area contributed by atoms with Gasteiger partial charge in [0.2, 0.25) is 53.2 Å². The van der Waals surface area contributed by atoms with Gasteiger partial charge in [-0.15, -0.1) is 0 Å². The van der Waals surface area contributed by atoms with E-state index in [-0.39, 0.29) is 64.0 Å². The van der Waals surface area contributed by atoms with Gasteiger partial charge >= 0.3 is 11.9 Å². The summed E-state index contributed by atoms with van der Waals surface area (Å²) < 4.78 is 0. The Morgan fingerprint density at radius 2 is 1.44 bits per heavy atom. The van der Waals surface area contributed by atoms with Crippen LogP contribution in [0.5, 0.6) is 0 Å².